The van der Waals surface area contributed by atoms with Gasteiger partial charge in [0, 0.05) is 15.4 Å². The topological polar surface area (TPSA) is 67.4 Å². The standard InChI is InChI=1S/C25H26N2O3S/c1-4-30-22-15-14-17(2)16-20(22)18(3)26-24(28)25(29)27-21-12-8-9-13-23(21)31-19-10-6-5-7-11-19/h5-16,18H,4H2,1-3H3,(H,26,28)(H,27,29). The normalized spacial score (nSPS) is 11.5. The quantitative estimate of drug-likeness (QED) is 0.491. The maximum absolute atomic E-state index is 12.6. The van der Waals surface area contributed by atoms with E-state index in [-0.39, 0.29) is 6.04 Å². The third kappa shape index (κ3) is 6.12. The maximum Gasteiger partial charge on any atom is 0.313 e. The molecule has 2 amide bonds. The fourth-order valence-corrected chi connectivity index (χ4v) is 4.01. The Balaban J connectivity index is 1.69. The van der Waals surface area contributed by atoms with Gasteiger partial charge in [0.05, 0.1) is 18.3 Å². The second-order valence-corrected chi connectivity index (χ2v) is 8.15. The first-order valence-electron chi connectivity index (χ1n) is 10.1. The van der Waals surface area contributed by atoms with E-state index in [0.29, 0.717) is 18.0 Å². The van der Waals surface area contributed by atoms with Crippen LogP contribution >= 0.6 is 11.8 Å². The van der Waals surface area contributed by atoms with Crippen molar-refractivity contribution in [1.82, 2.24) is 5.32 Å². The van der Waals surface area contributed by atoms with Gasteiger partial charge in [0.2, 0.25) is 0 Å². The lowest BCUT2D eigenvalue weighted by Crippen LogP contribution is -2.37. The van der Waals surface area contributed by atoms with Crippen LogP contribution in [0.2, 0.25) is 0 Å². The molecule has 1 atom stereocenters. The number of carbonyl (C=O) groups is 2. The Morgan fingerprint density at radius 3 is 2.42 bits per heavy atom. The fourth-order valence-electron chi connectivity index (χ4n) is 3.09. The molecule has 3 rings (SSSR count). The second-order valence-electron chi connectivity index (χ2n) is 7.03. The van der Waals surface area contributed by atoms with Crippen LogP contribution in [0.3, 0.4) is 0 Å². The number of ether oxygens (including phenoxy) is 1. The van der Waals surface area contributed by atoms with Gasteiger partial charge >= 0.3 is 11.8 Å². The molecule has 0 aliphatic rings. The zero-order valence-corrected chi connectivity index (χ0v) is 18.7. The molecule has 0 fully saturated rings. The summed E-state index contributed by atoms with van der Waals surface area (Å²) in [5, 5.41) is 5.51. The highest BCUT2D eigenvalue weighted by molar-refractivity contribution is 7.99. The number of rotatable bonds is 7. The minimum absolute atomic E-state index is 0.381. The van der Waals surface area contributed by atoms with Crippen molar-refractivity contribution in [3.05, 3.63) is 83.9 Å². The summed E-state index contributed by atoms with van der Waals surface area (Å²) in [6, 6.07) is 22.7. The molecule has 160 valence electrons. The predicted octanol–water partition coefficient (Wildman–Crippen LogP) is 5.36. The Bertz CT molecular complexity index is 1050. The second kappa shape index (κ2) is 10.7. The molecule has 0 aromatic heterocycles. The van der Waals surface area contributed by atoms with Gasteiger partial charge in [-0.1, -0.05) is 59.8 Å². The number of nitrogens with one attached hydrogen (secondary N) is 2. The molecule has 3 aromatic rings. The Morgan fingerprint density at radius 1 is 0.968 bits per heavy atom. The lowest BCUT2D eigenvalue weighted by Gasteiger charge is -2.19. The van der Waals surface area contributed by atoms with Crippen LogP contribution in [-0.4, -0.2) is 18.4 Å². The summed E-state index contributed by atoms with van der Waals surface area (Å²) in [5.74, 6) is -0.708. The van der Waals surface area contributed by atoms with Gasteiger partial charge in [-0.3, -0.25) is 9.59 Å². The van der Waals surface area contributed by atoms with Crippen LogP contribution in [0.25, 0.3) is 0 Å². The van der Waals surface area contributed by atoms with Crippen LogP contribution in [0.4, 0.5) is 5.69 Å². The van der Waals surface area contributed by atoms with Crippen LogP contribution in [0.15, 0.2) is 82.6 Å². The number of amides is 2. The van der Waals surface area contributed by atoms with Gasteiger partial charge in [-0.05, 0) is 51.1 Å². The molecule has 6 heteroatoms. The highest BCUT2D eigenvalue weighted by Gasteiger charge is 2.20. The van der Waals surface area contributed by atoms with Crippen molar-refractivity contribution in [2.24, 2.45) is 0 Å². The minimum Gasteiger partial charge on any atom is -0.494 e. The van der Waals surface area contributed by atoms with E-state index >= 15 is 0 Å². The average Bonchev–Trinajstić information content (AvgIpc) is 2.77. The minimum atomic E-state index is -0.710. The molecular formula is C25H26N2O3S. The van der Waals surface area contributed by atoms with E-state index in [1.54, 1.807) is 6.07 Å². The first-order valence-corrected chi connectivity index (χ1v) is 11.0. The van der Waals surface area contributed by atoms with Crippen LogP contribution in [0.1, 0.15) is 31.0 Å². The maximum atomic E-state index is 12.6. The summed E-state index contributed by atoms with van der Waals surface area (Å²) in [6.45, 7) is 6.24. The highest BCUT2D eigenvalue weighted by atomic mass is 32.2. The van der Waals surface area contributed by atoms with E-state index in [9.17, 15) is 9.59 Å². The van der Waals surface area contributed by atoms with Crippen molar-refractivity contribution in [2.45, 2.75) is 36.6 Å². The van der Waals surface area contributed by atoms with Gasteiger partial charge in [0.1, 0.15) is 5.75 Å². The van der Waals surface area contributed by atoms with Crippen LogP contribution < -0.4 is 15.4 Å². The number of para-hydroxylation sites is 1. The number of carbonyl (C=O) groups excluding carboxylic acids is 2. The van der Waals surface area contributed by atoms with Gasteiger partial charge in [0.25, 0.3) is 0 Å². The van der Waals surface area contributed by atoms with Crippen molar-refractivity contribution in [3.63, 3.8) is 0 Å². The summed E-state index contributed by atoms with van der Waals surface area (Å²) in [7, 11) is 0. The van der Waals surface area contributed by atoms with Crippen molar-refractivity contribution >= 4 is 29.3 Å². The monoisotopic (exact) mass is 434 g/mol. The van der Waals surface area contributed by atoms with Gasteiger partial charge in [0.15, 0.2) is 0 Å². The van der Waals surface area contributed by atoms with Gasteiger partial charge in [-0.25, -0.2) is 0 Å². The molecule has 0 saturated heterocycles. The predicted molar refractivity (Wildman–Crippen MR) is 125 cm³/mol. The summed E-state index contributed by atoms with van der Waals surface area (Å²) in [4.78, 5) is 27.1. The van der Waals surface area contributed by atoms with Gasteiger partial charge < -0.3 is 15.4 Å². The van der Waals surface area contributed by atoms with Crippen molar-refractivity contribution in [1.29, 1.82) is 0 Å². The number of benzene rings is 3. The fraction of sp³-hybridized carbons (Fsp3) is 0.200. The largest absolute Gasteiger partial charge is 0.494 e. The zero-order chi connectivity index (χ0) is 22.2. The molecule has 0 heterocycles. The lowest BCUT2D eigenvalue weighted by molar-refractivity contribution is -0.136. The summed E-state index contributed by atoms with van der Waals surface area (Å²) < 4.78 is 5.67. The molecular weight excluding hydrogens is 408 g/mol. The van der Waals surface area contributed by atoms with Crippen LogP contribution in [-0.2, 0) is 9.59 Å². The lowest BCUT2D eigenvalue weighted by atomic mass is 10.0. The van der Waals surface area contributed by atoms with Crippen molar-refractivity contribution in [2.75, 3.05) is 11.9 Å². The number of aryl methyl sites for hydroxylation is 1. The van der Waals surface area contributed by atoms with E-state index in [4.69, 9.17) is 4.74 Å². The molecule has 0 saturated carbocycles. The number of hydrogen-bond donors (Lipinski definition) is 2. The Labute approximate surface area is 187 Å². The molecule has 3 aromatic carbocycles. The van der Waals surface area contributed by atoms with Crippen LogP contribution in [0.5, 0.6) is 5.75 Å². The molecule has 1 unspecified atom stereocenters. The average molecular weight is 435 g/mol. The molecule has 5 nitrogen and oxygen atoms in total. The summed E-state index contributed by atoms with van der Waals surface area (Å²) >= 11 is 1.52. The molecule has 0 aliphatic carbocycles. The number of anilines is 1. The van der Waals surface area contributed by atoms with Crippen molar-refractivity contribution in [3.8, 4) is 5.75 Å². The molecule has 0 radical (unpaired) electrons. The molecule has 0 spiro atoms. The Hall–Kier alpha value is -3.25. The third-order valence-corrected chi connectivity index (χ3v) is 5.68. The van der Waals surface area contributed by atoms with Crippen LogP contribution in [0, 0.1) is 6.92 Å². The van der Waals surface area contributed by atoms with Gasteiger partial charge in [-0.15, -0.1) is 0 Å². The van der Waals surface area contributed by atoms with E-state index < -0.39 is 11.8 Å². The zero-order valence-electron chi connectivity index (χ0n) is 17.8. The Morgan fingerprint density at radius 2 is 1.68 bits per heavy atom. The first-order chi connectivity index (χ1) is 15.0. The smallest absolute Gasteiger partial charge is 0.313 e. The van der Waals surface area contributed by atoms with E-state index in [2.05, 4.69) is 10.6 Å². The molecule has 0 bridgehead atoms. The third-order valence-electron chi connectivity index (χ3n) is 4.59. The summed E-state index contributed by atoms with van der Waals surface area (Å²) in [5.41, 5.74) is 2.48. The molecule has 0 aliphatic heterocycles. The first kappa shape index (κ1) is 22.4. The number of hydrogen-bond acceptors (Lipinski definition) is 4. The molecule has 31 heavy (non-hydrogen) atoms. The highest BCUT2D eigenvalue weighted by Crippen LogP contribution is 2.33. The van der Waals surface area contributed by atoms with E-state index in [1.807, 2.05) is 87.5 Å². The molecule has 2 N–H and O–H groups in total. The Kier molecular flexibility index (Phi) is 7.73. The van der Waals surface area contributed by atoms with Crippen molar-refractivity contribution < 1.29 is 14.3 Å². The van der Waals surface area contributed by atoms with E-state index in [1.165, 1.54) is 11.8 Å². The SMILES string of the molecule is CCOc1ccc(C)cc1C(C)NC(=O)C(=O)Nc1ccccc1Sc1ccccc1. The summed E-state index contributed by atoms with van der Waals surface area (Å²) in [6.07, 6.45) is 0. The van der Waals surface area contributed by atoms with Gasteiger partial charge in [-0.2, -0.15) is 0 Å². The van der Waals surface area contributed by atoms with E-state index in [0.717, 1.165) is 20.9 Å².